The van der Waals surface area contributed by atoms with E-state index in [2.05, 4.69) is 40.9 Å². The van der Waals surface area contributed by atoms with Crippen LogP contribution < -0.4 is 0 Å². The third-order valence-electron chi connectivity index (χ3n) is 3.92. The molecule has 0 radical (unpaired) electrons. The highest BCUT2D eigenvalue weighted by Crippen LogP contribution is 2.29. The minimum Gasteiger partial charge on any atom is -0.338 e. The van der Waals surface area contributed by atoms with Crippen LogP contribution in [0.3, 0.4) is 0 Å². The van der Waals surface area contributed by atoms with E-state index in [1.807, 2.05) is 6.07 Å². The number of rotatable bonds is 4. The molecule has 1 fully saturated rings. The van der Waals surface area contributed by atoms with E-state index in [1.54, 1.807) is 24.5 Å². The van der Waals surface area contributed by atoms with Crippen LogP contribution in [0.5, 0.6) is 0 Å². The minimum absolute atomic E-state index is 0.161. The van der Waals surface area contributed by atoms with Crippen molar-refractivity contribution in [1.82, 2.24) is 25.0 Å². The van der Waals surface area contributed by atoms with Gasteiger partial charge in [-0.05, 0) is 18.2 Å². The van der Waals surface area contributed by atoms with Gasteiger partial charge in [0.2, 0.25) is 17.5 Å². The van der Waals surface area contributed by atoms with Crippen molar-refractivity contribution in [3.05, 3.63) is 58.4 Å². The van der Waals surface area contributed by atoms with E-state index < -0.39 is 0 Å². The fourth-order valence-electron chi connectivity index (χ4n) is 2.65. The Morgan fingerprint density at radius 3 is 2.75 bits per heavy atom. The molecule has 3 heterocycles. The lowest BCUT2D eigenvalue weighted by Gasteiger charge is -2.37. The van der Waals surface area contributed by atoms with Crippen molar-refractivity contribution in [3.8, 4) is 11.6 Å². The molecule has 122 valence electrons. The second kappa shape index (κ2) is 6.37. The molecule has 0 N–H and O–H groups in total. The Balaban J connectivity index is 1.38. The second-order valence-corrected chi connectivity index (χ2v) is 6.57. The van der Waals surface area contributed by atoms with Crippen molar-refractivity contribution < 1.29 is 8.91 Å². The molecule has 0 aliphatic carbocycles. The third kappa shape index (κ3) is 3.07. The number of nitrogens with zero attached hydrogens (tertiary/aromatic N) is 5. The Morgan fingerprint density at radius 2 is 2.00 bits per heavy atom. The Hall–Kier alpha value is -2.19. The van der Waals surface area contributed by atoms with Crippen LogP contribution in [0.25, 0.3) is 11.6 Å². The number of hydrogen-bond acceptors (Lipinski definition) is 6. The van der Waals surface area contributed by atoms with E-state index in [9.17, 15) is 4.39 Å². The molecule has 0 spiro atoms. The summed E-state index contributed by atoms with van der Waals surface area (Å²) < 4.78 is 19.9. The molecule has 3 aromatic rings. The van der Waals surface area contributed by atoms with Gasteiger partial charge in [0, 0.05) is 42.1 Å². The van der Waals surface area contributed by atoms with E-state index in [4.69, 9.17) is 4.52 Å². The number of aromatic nitrogens is 4. The summed E-state index contributed by atoms with van der Waals surface area (Å²) in [5, 5.41) is 3.93. The van der Waals surface area contributed by atoms with Crippen molar-refractivity contribution >= 4 is 15.9 Å². The average molecular weight is 390 g/mol. The summed E-state index contributed by atoms with van der Waals surface area (Å²) in [6.07, 6.45) is 3.27. The molecule has 1 aromatic carbocycles. The summed E-state index contributed by atoms with van der Waals surface area (Å²) in [5.74, 6) is 1.37. The van der Waals surface area contributed by atoms with Gasteiger partial charge in [0.1, 0.15) is 5.82 Å². The van der Waals surface area contributed by atoms with Gasteiger partial charge in [-0.25, -0.2) is 14.4 Å². The first kappa shape index (κ1) is 15.3. The van der Waals surface area contributed by atoms with E-state index >= 15 is 0 Å². The van der Waals surface area contributed by atoms with Gasteiger partial charge in [-0.3, -0.25) is 4.90 Å². The predicted octanol–water partition coefficient (Wildman–Crippen LogP) is 3.03. The summed E-state index contributed by atoms with van der Waals surface area (Å²) in [7, 11) is 0. The summed E-state index contributed by atoms with van der Waals surface area (Å²) in [5.41, 5.74) is 0.681. The SMILES string of the molecule is Fc1cc(Br)ccc1CN1CC(c2nc(-c3ncccn3)no2)C1. The van der Waals surface area contributed by atoms with Gasteiger partial charge in [0.25, 0.3) is 0 Å². The number of likely N-dealkylation sites (tertiary alicyclic amines) is 1. The molecule has 2 aromatic heterocycles. The zero-order valence-electron chi connectivity index (χ0n) is 12.6. The Morgan fingerprint density at radius 1 is 1.21 bits per heavy atom. The van der Waals surface area contributed by atoms with Crippen LogP contribution in [0, 0.1) is 5.82 Å². The van der Waals surface area contributed by atoms with Crippen LogP contribution in [0.4, 0.5) is 4.39 Å². The highest BCUT2D eigenvalue weighted by atomic mass is 79.9. The highest BCUT2D eigenvalue weighted by molar-refractivity contribution is 9.10. The van der Waals surface area contributed by atoms with E-state index in [1.165, 1.54) is 6.07 Å². The van der Waals surface area contributed by atoms with Gasteiger partial charge in [0.15, 0.2) is 0 Å². The summed E-state index contributed by atoms with van der Waals surface area (Å²) in [6.45, 7) is 2.08. The molecule has 6 nitrogen and oxygen atoms in total. The predicted molar refractivity (Wildman–Crippen MR) is 87.4 cm³/mol. The van der Waals surface area contributed by atoms with Gasteiger partial charge in [-0.2, -0.15) is 4.98 Å². The molecular weight excluding hydrogens is 377 g/mol. The molecule has 1 aliphatic heterocycles. The summed E-state index contributed by atoms with van der Waals surface area (Å²) in [6, 6.07) is 6.86. The standard InChI is InChI=1S/C16H13BrFN5O/c17-12-3-2-10(13(18)6-12)7-23-8-11(9-23)16-21-15(22-24-16)14-19-4-1-5-20-14/h1-6,11H,7-9H2. The Bertz CT molecular complexity index is 851. The molecule has 1 saturated heterocycles. The molecule has 4 rings (SSSR count). The lowest BCUT2D eigenvalue weighted by Crippen LogP contribution is -2.44. The zero-order chi connectivity index (χ0) is 16.5. The second-order valence-electron chi connectivity index (χ2n) is 5.66. The molecule has 0 saturated carbocycles. The molecule has 8 heteroatoms. The Kier molecular flexibility index (Phi) is 4.07. The van der Waals surface area contributed by atoms with Gasteiger partial charge in [0.05, 0.1) is 5.92 Å². The van der Waals surface area contributed by atoms with Gasteiger partial charge in [-0.1, -0.05) is 27.2 Å². The average Bonchev–Trinajstić information content (AvgIpc) is 3.02. The van der Waals surface area contributed by atoms with Crippen LogP contribution in [-0.4, -0.2) is 38.1 Å². The van der Waals surface area contributed by atoms with Crippen molar-refractivity contribution in [2.75, 3.05) is 13.1 Å². The van der Waals surface area contributed by atoms with E-state index in [0.29, 0.717) is 29.6 Å². The van der Waals surface area contributed by atoms with Gasteiger partial charge in [-0.15, -0.1) is 0 Å². The van der Waals surface area contributed by atoms with E-state index in [-0.39, 0.29) is 11.7 Å². The van der Waals surface area contributed by atoms with Crippen LogP contribution in [-0.2, 0) is 6.54 Å². The molecule has 0 bridgehead atoms. The highest BCUT2D eigenvalue weighted by Gasteiger charge is 2.33. The lowest BCUT2D eigenvalue weighted by molar-refractivity contribution is 0.116. The monoisotopic (exact) mass is 389 g/mol. The van der Waals surface area contributed by atoms with Gasteiger partial charge >= 0.3 is 0 Å². The van der Waals surface area contributed by atoms with Crippen molar-refractivity contribution in [2.24, 2.45) is 0 Å². The first-order valence-electron chi connectivity index (χ1n) is 7.46. The molecule has 24 heavy (non-hydrogen) atoms. The van der Waals surface area contributed by atoms with Crippen molar-refractivity contribution in [2.45, 2.75) is 12.5 Å². The normalized spacial score (nSPS) is 15.4. The minimum atomic E-state index is -0.200. The first-order chi connectivity index (χ1) is 11.7. The maximum atomic E-state index is 13.9. The smallest absolute Gasteiger partial charge is 0.240 e. The molecule has 1 aliphatic rings. The van der Waals surface area contributed by atoms with E-state index in [0.717, 1.165) is 17.6 Å². The number of halogens is 2. The first-order valence-corrected chi connectivity index (χ1v) is 8.25. The quantitative estimate of drug-likeness (QED) is 0.682. The van der Waals surface area contributed by atoms with Crippen LogP contribution in [0.1, 0.15) is 17.4 Å². The fourth-order valence-corrected chi connectivity index (χ4v) is 2.99. The summed E-state index contributed by atoms with van der Waals surface area (Å²) in [4.78, 5) is 14.7. The van der Waals surface area contributed by atoms with Crippen molar-refractivity contribution in [1.29, 1.82) is 0 Å². The summed E-state index contributed by atoms with van der Waals surface area (Å²) >= 11 is 3.26. The van der Waals surface area contributed by atoms with Crippen molar-refractivity contribution in [3.63, 3.8) is 0 Å². The van der Waals surface area contributed by atoms with Gasteiger partial charge < -0.3 is 4.52 Å². The molecule has 0 amide bonds. The maximum absolute atomic E-state index is 13.9. The third-order valence-corrected chi connectivity index (χ3v) is 4.42. The zero-order valence-corrected chi connectivity index (χ0v) is 14.1. The number of benzene rings is 1. The molecule has 0 unspecified atom stereocenters. The number of hydrogen-bond donors (Lipinski definition) is 0. The lowest BCUT2D eigenvalue weighted by atomic mass is 9.99. The maximum Gasteiger partial charge on any atom is 0.240 e. The largest absolute Gasteiger partial charge is 0.338 e. The Labute approximate surface area is 145 Å². The van der Waals surface area contributed by atoms with Crippen LogP contribution in [0.2, 0.25) is 0 Å². The topological polar surface area (TPSA) is 67.9 Å². The fraction of sp³-hybridized carbons (Fsp3) is 0.250. The molecule has 0 atom stereocenters. The van der Waals surface area contributed by atoms with Crippen LogP contribution in [0.15, 0.2) is 45.7 Å². The van der Waals surface area contributed by atoms with Crippen LogP contribution >= 0.6 is 15.9 Å². The molecular formula is C16H13BrFN5O.